The molecule has 1 aliphatic heterocycles. The fourth-order valence-electron chi connectivity index (χ4n) is 3.06. The third-order valence-corrected chi connectivity index (χ3v) is 5.09. The normalized spacial score (nSPS) is 15.9. The summed E-state index contributed by atoms with van der Waals surface area (Å²) in [6, 6.07) is 5.08. The first kappa shape index (κ1) is 21.5. The van der Waals surface area contributed by atoms with Gasteiger partial charge in [0, 0.05) is 17.6 Å². The second-order valence-corrected chi connectivity index (χ2v) is 7.52. The van der Waals surface area contributed by atoms with Crippen LogP contribution >= 0.6 is 11.3 Å². The molecule has 1 aliphatic rings. The van der Waals surface area contributed by atoms with Crippen molar-refractivity contribution < 1.29 is 34.0 Å². The highest BCUT2D eigenvalue weighted by Gasteiger charge is 2.38. The highest BCUT2D eigenvalue weighted by atomic mass is 32.1. The smallest absolute Gasteiger partial charge is 0.526 e. The van der Waals surface area contributed by atoms with Crippen LogP contribution in [0.4, 0.5) is 5.13 Å². The van der Waals surface area contributed by atoms with Crippen molar-refractivity contribution in [3.8, 4) is 5.75 Å². The predicted octanol–water partition coefficient (Wildman–Crippen LogP) is 1.18. The number of fused-ring (bicyclic) bond motifs is 1. The lowest BCUT2D eigenvalue weighted by Crippen LogP contribution is -2.36. The molecule has 12 heteroatoms. The van der Waals surface area contributed by atoms with Gasteiger partial charge in [0.05, 0.1) is 5.56 Å². The Hall–Kier alpha value is -3.25. The van der Waals surface area contributed by atoms with Gasteiger partial charge in [-0.2, -0.15) is 0 Å². The molecule has 30 heavy (non-hydrogen) atoms. The number of aliphatic carboxylic acids is 1. The molecule has 3 rings (SSSR count). The molecule has 1 aromatic heterocycles. The van der Waals surface area contributed by atoms with Gasteiger partial charge < -0.3 is 25.4 Å². The first-order valence-corrected chi connectivity index (χ1v) is 9.78. The molecule has 0 unspecified atom stereocenters. The van der Waals surface area contributed by atoms with Crippen molar-refractivity contribution >= 4 is 46.8 Å². The minimum absolute atomic E-state index is 0.151. The van der Waals surface area contributed by atoms with Crippen molar-refractivity contribution in [2.75, 3.05) is 12.3 Å². The van der Waals surface area contributed by atoms with Crippen molar-refractivity contribution in [2.45, 2.75) is 25.6 Å². The second-order valence-electron chi connectivity index (χ2n) is 6.63. The first-order chi connectivity index (χ1) is 14.3. The van der Waals surface area contributed by atoms with Gasteiger partial charge in [-0.3, -0.25) is 9.59 Å². The first-order valence-electron chi connectivity index (χ1n) is 8.90. The van der Waals surface area contributed by atoms with Gasteiger partial charge in [0.15, 0.2) is 22.4 Å². The number of hydrogen-bond donors (Lipinski definition) is 3. The number of carboxylic acid groups (broad SMARTS) is 1. The monoisotopic (exact) mass is 431 g/mol. The number of ketones is 2. The van der Waals surface area contributed by atoms with Crippen LogP contribution in [0.1, 0.15) is 35.0 Å². The molecule has 0 spiro atoms. The van der Waals surface area contributed by atoms with Crippen LogP contribution in [0.2, 0.25) is 5.82 Å². The maximum absolute atomic E-state index is 12.9. The molecular formula is C18H18BN3O7S. The standard InChI is InChI=1S/C18H18BN3O7S/c1-9(23)12-4-2-3-10-5-11(19(27)29-17(10)12)6-14(24)16(22-28-7-15(25)26)13-8-30-18(20)21-13/h2-4,8,11,27H,5-7H2,1H3,(H2,20,21)(H,25,26)/b22-16-/t11-/m1/s1. The number of rotatable bonds is 8. The van der Waals surface area contributed by atoms with E-state index in [1.807, 2.05) is 0 Å². The number of thiazole rings is 1. The zero-order valence-corrected chi connectivity index (χ0v) is 16.7. The number of hydrogen-bond acceptors (Lipinski definition) is 10. The number of nitrogen functional groups attached to an aromatic ring is 1. The number of aromatic nitrogens is 1. The van der Waals surface area contributed by atoms with E-state index in [1.165, 1.54) is 12.3 Å². The van der Waals surface area contributed by atoms with Crippen LogP contribution in [-0.4, -0.2) is 52.1 Å². The largest absolute Gasteiger partial charge is 0.535 e. The Bertz CT molecular complexity index is 1020. The summed E-state index contributed by atoms with van der Waals surface area (Å²) in [5.74, 6) is -2.28. The van der Waals surface area contributed by atoms with Gasteiger partial charge in [0.25, 0.3) is 0 Å². The quantitative estimate of drug-likeness (QED) is 0.241. The molecular weight excluding hydrogens is 413 g/mol. The molecule has 4 N–H and O–H groups in total. The van der Waals surface area contributed by atoms with Gasteiger partial charge in [-0.15, -0.1) is 11.3 Å². The fourth-order valence-corrected chi connectivity index (χ4v) is 3.61. The molecule has 2 aromatic rings. The van der Waals surface area contributed by atoms with E-state index in [2.05, 4.69) is 10.1 Å². The molecule has 0 radical (unpaired) electrons. The van der Waals surface area contributed by atoms with Crippen LogP contribution in [0.15, 0.2) is 28.7 Å². The minimum atomic E-state index is -1.32. The van der Waals surface area contributed by atoms with Crippen LogP contribution in [0.5, 0.6) is 5.75 Å². The Labute approximate surface area is 175 Å². The van der Waals surface area contributed by atoms with Gasteiger partial charge >= 0.3 is 13.1 Å². The number of Topliss-reactive ketones (excluding diaryl/α,β-unsaturated/α-hetero) is 2. The molecule has 0 saturated heterocycles. The molecule has 0 fully saturated rings. The van der Waals surface area contributed by atoms with Crippen molar-refractivity contribution in [1.82, 2.24) is 4.98 Å². The lowest BCUT2D eigenvalue weighted by atomic mass is 9.64. The zero-order valence-electron chi connectivity index (χ0n) is 15.9. The molecule has 0 amide bonds. The molecule has 0 saturated carbocycles. The van der Waals surface area contributed by atoms with E-state index < -0.39 is 31.3 Å². The maximum atomic E-state index is 12.9. The van der Waals surface area contributed by atoms with Crippen molar-refractivity contribution in [3.63, 3.8) is 0 Å². The molecule has 2 heterocycles. The Balaban J connectivity index is 1.81. The van der Waals surface area contributed by atoms with Crippen molar-refractivity contribution in [1.29, 1.82) is 0 Å². The van der Waals surface area contributed by atoms with Gasteiger partial charge in [0.2, 0.25) is 6.61 Å². The van der Waals surface area contributed by atoms with Crippen LogP contribution in [0.3, 0.4) is 0 Å². The van der Waals surface area contributed by atoms with Crippen molar-refractivity contribution in [3.05, 3.63) is 40.4 Å². The van der Waals surface area contributed by atoms with Crippen LogP contribution in [0, 0.1) is 0 Å². The average Bonchev–Trinajstić information content (AvgIpc) is 3.10. The highest BCUT2D eigenvalue weighted by molar-refractivity contribution is 7.13. The lowest BCUT2D eigenvalue weighted by Gasteiger charge is -2.28. The van der Waals surface area contributed by atoms with E-state index in [9.17, 15) is 19.4 Å². The number of anilines is 1. The third-order valence-electron chi connectivity index (χ3n) is 4.42. The summed E-state index contributed by atoms with van der Waals surface area (Å²) < 4.78 is 5.54. The summed E-state index contributed by atoms with van der Waals surface area (Å²) in [6.07, 6.45) is 0.128. The summed E-state index contributed by atoms with van der Waals surface area (Å²) >= 11 is 1.09. The van der Waals surface area contributed by atoms with E-state index in [0.717, 1.165) is 11.3 Å². The molecule has 156 valence electrons. The summed E-state index contributed by atoms with van der Waals surface area (Å²) in [5.41, 5.74) is 6.62. The predicted molar refractivity (Wildman–Crippen MR) is 109 cm³/mol. The summed E-state index contributed by atoms with van der Waals surface area (Å²) in [7, 11) is -1.32. The molecule has 0 bridgehead atoms. The summed E-state index contributed by atoms with van der Waals surface area (Å²) in [6.45, 7) is 0.674. The maximum Gasteiger partial charge on any atom is 0.526 e. The van der Waals surface area contributed by atoms with Gasteiger partial charge in [-0.25, -0.2) is 9.78 Å². The number of carbonyl (C=O) groups excluding carboxylic acids is 2. The molecule has 10 nitrogen and oxygen atoms in total. The second kappa shape index (κ2) is 9.05. The zero-order chi connectivity index (χ0) is 21.8. The van der Waals surface area contributed by atoms with E-state index in [1.54, 1.807) is 18.2 Å². The minimum Gasteiger partial charge on any atom is -0.535 e. The highest BCUT2D eigenvalue weighted by Crippen LogP contribution is 2.36. The topological polar surface area (TPSA) is 161 Å². The van der Waals surface area contributed by atoms with Crippen LogP contribution in [-0.2, 0) is 20.8 Å². The Morgan fingerprint density at radius 1 is 1.43 bits per heavy atom. The summed E-state index contributed by atoms with van der Waals surface area (Å²) in [4.78, 5) is 44.0. The average molecular weight is 431 g/mol. The van der Waals surface area contributed by atoms with E-state index in [-0.39, 0.29) is 28.7 Å². The number of carboxylic acids is 1. The Kier molecular flexibility index (Phi) is 6.48. The number of para-hydroxylation sites is 1. The van der Waals surface area contributed by atoms with E-state index in [4.69, 9.17) is 20.3 Å². The fraction of sp³-hybridized carbons (Fsp3) is 0.278. The Morgan fingerprint density at radius 3 is 2.83 bits per heavy atom. The SMILES string of the molecule is CC(=O)c1cccc2c1OB(O)[C@@H](CC(=O)/C(=N\OCC(=O)O)c1csc(N)n1)C2. The Morgan fingerprint density at radius 2 is 2.20 bits per heavy atom. The number of nitrogens with two attached hydrogens (primary N) is 1. The lowest BCUT2D eigenvalue weighted by molar-refractivity contribution is -0.142. The third kappa shape index (κ3) is 4.83. The van der Waals surface area contributed by atoms with Gasteiger partial charge in [-0.05, 0) is 25.0 Å². The number of benzene rings is 1. The van der Waals surface area contributed by atoms with Gasteiger partial charge in [-0.1, -0.05) is 17.3 Å². The number of carbonyl (C=O) groups is 3. The molecule has 1 atom stereocenters. The van der Waals surface area contributed by atoms with Crippen LogP contribution < -0.4 is 10.4 Å². The number of oxime groups is 1. The van der Waals surface area contributed by atoms with E-state index >= 15 is 0 Å². The van der Waals surface area contributed by atoms with Crippen molar-refractivity contribution in [2.24, 2.45) is 5.16 Å². The van der Waals surface area contributed by atoms with E-state index in [0.29, 0.717) is 23.3 Å². The number of nitrogens with zero attached hydrogens (tertiary/aromatic N) is 2. The van der Waals surface area contributed by atoms with Crippen LogP contribution in [0.25, 0.3) is 0 Å². The molecule has 1 aromatic carbocycles. The molecule has 0 aliphatic carbocycles. The summed E-state index contributed by atoms with van der Waals surface area (Å²) in [5, 5.41) is 24.4. The van der Waals surface area contributed by atoms with Gasteiger partial charge in [0.1, 0.15) is 11.4 Å².